The zero-order valence-electron chi connectivity index (χ0n) is 8.50. The molecule has 0 amide bonds. The van der Waals surface area contributed by atoms with Gasteiger partial charge in [0.05, 0.1) is 0 Å². The molecule has 0 aliphatic carbocycles. The van der Waals surface area contributed by atoms with Crippen molar-refractivity contribution in [2.45, 2.75) is 39.0 Å². The lowest BCUT2D eigenvalue weighted by molar-refractivity contribution is 0.433. The zero-order valence-corrected chi connectivity index (χ0v) is 8.50. The van der Waals surface area contributed by atoms with E-state index in [-0.39, 0.29) is 5.76 Å². The van der Waals surface area contributed by atoms with Crippen molar-refractivity contribution in [2.75, 3.05) is 0 Å². The second-order valence-corrected chi connectivity index (χ2v) is 3.07. The quantitative estimate of drug-likeness (QED) is 0.354. The maximum absolute atomic E-state index is 8.99. The number of hydrogen-bond acceptors (Lipinski definition) is 1. The van der Waals surface area contributed by atoms with Crippen molar-refractivity contribution in [2.24, 2.45) is 0 Å². The van der Waals surface area contributed by atoms with Crippen LogP contribution in [-0.2, 0) is 0 Å². The summed E-state index contributed by atoms with van der Waals surface area (Å²) in [5, 5.41) is 8.99. The third-order valence-corrected chi connectivity index (χ3v) is 1.84. The van der Waals surface area contributed by atoms with Gasteiger partial charge in [-0.1, -0.05) is 44.9 Å². The monoisotopic (exact) mass is 180 g/mol. The van der Waals surface area contributed by atoms with E-state index in [1.807, 2.05) is 6.08 Å². The van der Waals surface area contributed by atoms with Crippen LogP contribution < -0.4 is 0 Å². The second-order valence-electron chi connectivity index (χ2n) is 3.07. The number of allylic oxidation sites excluding steroid dienone is 4. The van der Waals surface area contributed by atoms with E-state index in [1.165, 1.54) is 31.8 Å². The summed E-state index contributed by atoms with van der Waals surface area (Å²) in [6.45, 7) is 5.66. The van der Waals surface area contributed by atoms with E-state index < -0.39 is 0 Å². The van der Waals surface area contributed by atoms with Gasteiger partial charge < -0.3 is 5.11 Å². The van der Waals surface area contributed by atoms with Gasteiger partial charge in [-0.3, -0.25) is 0 Å². The molecule has 0 saturated carbocycles. The Balaban J connectivity index is 3.36. The second kappa shape index (κ2) is 9.11. The zero-order chi connectivity index (χ0) is 9.94. The Hall–Kier alpha value is -0.980. The van der Waals surface area contributed by atoms with Gasteiger partial charge in [-0.05, 0) is 25.0 Å². The Kier molecular flexibility index (Phi) is 8.42. The predicted molar refractivity (Wildman–Crippen MR) is 58.8 cm³/mol. The van der Waals surface area contributed by atoms with E-state index in [1.54, 1.807) is 6.08 Å². The topological polar surface area (TPSA) is 20.2 Å². The van der Waals surface area contributed by atoms with Gasteiger partial charge in [0.25, 0.3) is 0 Å². The molecular formula is C12H20O. The first kappa shape index (κ1) is 12.0. The summed E-state index contributed by atoms with van der Waals surface area (Å²) in [5.41, 5.74) is 0. The number of hydrogen-bond donors (Lipinski definition) is 1. The first-order valence-corrected chi connectivity index (χ1v) is 4.99. The SMILES string of the molecule is C=CC(O)=CC=CCCCCCC. The highest BCUT2D eigenvalue weighted by Crippen LogP contribution is 2.03. The highest BCUT2D eigenvalue weighted by atomic mass is 16.3. The van der Waals surface area contributed by atoms with Crippen molar-refractivity contribution in [3.05, 3.63) is 36.6 Å². The van der Waals surface area contributed by atoms with Crippen LogP contribution in [0.3, 0.4) is 0 Å². The summed E-state index contributed by atoms with van der Waals surface area (Å²) in [4.78, 5) is 0. The van der Waals surface area contributed by atoms with Crippen LogP contribution in [0.4, 0.5) is 0 Å². The third-order valence-electron chi connectivity index (χ3n) is 1.84. The Morgan fingerprint density at radius 1 is 1.31 bits per heavy atom. The van der Waals surface area contributed by atoms with E-state index >= 15 is 0 Å². The molecule has 0 heterocycles. The van der Waals surface area contributed by atoms with Gasteiger partial charge in [0, 0.05) is 0 Å². The van der Waals surface area contributed by atoms with Crippen LogP contribution in [0.5, 0.6) is 0 Å². The van der Waals surface area contributed by atoms with E-state index in [2.05, 4.69) is 19.6 Å². The summed E-state index contributed by atoms with van der Waals surface area (Å²) >= 11 is 0. The van der Waals surface area contributed by atoms with Gasteiger partial charge in [-0.15, -0.1) is 0 Å². The summed E-state index contributed by atoms with van der Waals surface area (Å²) in [7, 11) is 0. The van der Waals surface area contributed by atoms with Gasteiger partial charge in [0.15, 0.2) is 0 Å². The molecule has 0 aliphatic rings. The van der Waals surface area contributed by atoms with Crippen molar-refractivity contribution in [3.8, 4) is 0 Å². The van der Waals surface area contributed by atoms with Crippen LogP contribution in [0.2, 0.25) is 0 Å². The molecule has 0 fully saturated rings. The summed E-state index contributed by atoms with van der Waals surface area (Å²) in [5.74, 6) is 0.227. The molecule has 1 heteroatoms. The standard InChI is InChI=1S/C12H20O/c1-3-5-6-7-8-9-10-11-12(13)4-2/h4,9-11,13H,2-3,5-8H2,1H3. The fourth-order valence-electron chi connectivity index (χ4n) is 1.02. The smallest absolute Gasteiger partial charge is 0.114 e. The fourth-order valence-corrected chi connectivity index (χ4v) is 1.02. The van der Waals surface area contributed by atoms with Gasteiger partial charge in [-0.25, -0.2) is 0 Å². The van der Waals surface area contributed by atoms with Crippen LogP contribution in [0.15, 0.2) is 36.6 Å². The summed E-state index contributed by atoms with van der Waals surface area (Å²) in [6.07, 6.45) is 13.3. The molecule has 0 unspecified atom stereocenters. The maximum atomic E-state index is 8.99. The Morgan fingerprint density at radius 3 is 2.69 bits per heavy atom. The molecule has 0 aromatic heterocycles. The van der Waals surface area contributed by atoms with E-state index in [0.717, 1.165) is 6.42 Å². The normalized spacial score (nSPS) is 12.2. The Labute approximate surface area is 81.5 Å². The number of aliphatic hydroxyl groups excluding tert-OH is 1. The largest absolute Gasteiger partial charge is 0.508 e. The van der Waals surface area contributed by atoms with Crippen LogP contribution in [-0.4, -0.2) is 5.11 Å². The van der Waals surface area contributed by atoms with Crippen molar-refractivity contribution >= 4 is 0 Å². The van der Waals surface area contributed by atoms with Crippen molar-refractivity contribution in [1.82, 2.24) is 0 Å². The minimum absolute atomic E-state index is 0.227. The van der Waals surface area contributed by atoms with Crippen molar-refractivity contribution in [3.63, 3.8) is 0 Å². The maximum Gasteiger partial charge on any atom is 0.114 e. The molecule has 0 aliphatic heterocycles. The minimum Gasteiger partial charge on any atom is -0.508 e. The summed E-state index contributed by atoms with van der Waals surface area (Å²) < 4.78 is 0. The number of aliphatic hydroxyl groups is 1. The first-order valence-electron chi connectivity index (χ1n) is 4.99. The van der Waals surface area contributed by atoms with Crippen molar-refractivity contribution in [1.29, 1.82) is 0 Å². The molecule has 0 aromatic rings. The molecule has 1 nitrogen and oxygen atoms in total. The minimum atomic E-state index is 0.227. The third kappa shape index (κ3) is 8.93. The van der Waals surface area contributed by atoms with E-state index in [0.29, 0.717) is 0 Å². The van der Waals surface area contributed by atoms with Gasteiger partial charge in [-0.2, -0.15) is 0 Å². The van der Waals surface area contributed by atoms with Crippen molar-refractivity contribution < 1.29 is 5.11 Å². The molecule has 0 rings (SSSR count). The Morgan fingerprint density at radius 2 is 2.08 bits per heavy atom. The van der Waals surface area contributed by atoms with Crippen LogP contribution in [0.25, 0.3) is 0 Å². The molecule has 0 aromatic carbocycles. The number of rotatable bonds is 7. The Bertz CT molecular complexity index is 178. The molecule has 0 bridgehead atoms. The molecule has 0 saturated heterocycles. The van der Waals surface area contributed by atoms with E-state index in [4.69, 9.17) is 5.11 Å². The average molecular weight is 180 g/mol. The summed E-state index contributed by atoms with van der Waals surface area (Å²) in [6, 6.07) is 0. The van der Waals surface area contributed by atoms with Gasteiger partial charge in [0.2, 0.25) is 0 Å². The molecule has 0 radical (unpaired) electrons. The van der Waals surface area contributed by atoms with Crippen LogP contribution in [0, 0.1) is 0 Å². The van der Waals surface area contributed by atoms with E-state index in [9.17, 15) is 0 Å². The highest BCUT2D eigenvalue weighted by molar-refractivity contribution is 5.14. The lowest BCUT2D eigenvalue weighted by Gasteiger charge is -1.93. The highest BCUT2D eigenvalue weighted by Gasteiger charge is 1.83. The molecular weight excluding hydrogens is 160 g/mol. The molecule has 0 spiro atoms. The average Bonchev–Trinajstić information content (AvgIpc) is 2.16. The lowest BCUT2D eigenvalue weighted by atomic mass is 10.1. The molecule has 74 valence electrons. The lowest BCUT2D eigenvalue weighted by Crippen LogP contribution is -1.73. The molecule has 1 N–H and O–H groups in total. The predicted octanol–water partition coefficient (Wildman–Crippen LogP) is 4.14. The fraction of sp³-hybridized carbons (Fsp3) is 0.500. The van der Waals surface area contributed by atoms with Gasteiger partial charge in [0.1, 0.15) is 5.76 Å². The van der Waals surface area contributed by atoms with Gasteiger partial charge >= 0.3 is 0 Å². The van der Waals surface area contributed by atoms with Crippen LogP contribution in [0.1, 0.15) is 39.0 Å². The molecule has 0 atom stereocenters. The molecule has 13 heavy (non-hydrogen) atoms. The van der Waals surface area contributed by atoms with Crippen LogP contribution >= 0.6 is 0 Å². The first-order chi connectivity index (χ1) is 6.31. The number of unbranched alkanes of at least 4 members (excludes halogenated alkanes) is 4.